The van der Waals surface area contributed by atoms with Gasteiger partial charge in [0.05, 0.1) is 5.56 Å². The number of hydrogen-bond acceptors (Lipinski definition) is 4. The lowest BCUT2D eigenvalue weighted by molar-refractivity contribution is -0.137. The molecule has 1 amide bonds. The van der Waals surface area contributed by atoms with E-state index in [9.17, 15) is 22.4 Å². The summed E-state index contributed by atoms with van der Waals surface area (Å²) in [6.45, 7) is 3.65. The summed E-state index contributed by atoms with van der Waals surface area (Å²) in [4.78, 5) is 16.0. The summed E-state index contributed by atoms with van der Waals surface area (Å²) in [5.74, 6) is -0.850. The van der Waals surface area contributed by atoms with Gasteiger partial charge in [-0.05, 0) is 29.8 Å². The molecule has 1 heterocycles. The maximum Gasteiger partial charge on any atom is 0.416 e. The van der Waals surface area contributed by atoms with E-state index in [1.165, 1.54) is 35.7 Å². The van der Waals surface area contributed by atoms with Gasteiger partial charge in [-0.3, -0.25) is 4.79 Å². The van der Waals surface area contributed by atoms with Crippen LogP contribution in [0.25, 0.3) is 10.6 Å². The summed E-state index contributed by atoms with van der Waals surface area (Å²) in [6.07, 6.45) is -2.91. The molecule has 0 radical (unpaired) electrons. The molecule has 30 heavy (non-hydrogen) atoms. The standard InChI is InChI=1S/C21H16F4N2O2S/c1-2-8-26-19(28)18-12-30-20(27-18)16-7-6-15(10-17(16)22)29-11-13-4-3-5-14(9-13)21(23,24)25/h2-7,9-10,12H,1,8,11H2,(H,26,28). The molecule has 0 bridgehead atoms. The molecule has 0 aliphatic heterocycles. The van der Waals surface area contributed by atoms with Crippen molar-refractivity contribution in [1.82, 2.24) is 10.3 Å². The Morgan fingerprint density at radius 2 is 2.03 bits per heavy atom. The number of hydrogen-bond donors (Lipinski definition) is 1. The van der Waals surface area contributed by atoms with E-state index >= 15 is 0 Å². The molecule has 0 unspecified atom stereocenters. The number of carbonyl (C=O) groups excluding carboxylic acids is 1. The molecule has 0 saturated carbocycles. The Labute approximate surface area is 173 Å². The fraction of sp³-hybridized carbons (Fsp3) is 0.143. The third kappa shape index (κ3) is 5.24. The summed E-state index contributed by atoms with van der Waals surface area (Å²) in [7, 11) is 0. The van der Waals surface area contributed by atoms with Crippen molar-refractivity contribution in [2.24, 2.45) is 0 Å². The second-order valence-corrected chi connectivity index (χ2v) is 7.02. The molecule has 0 saturated heterocycles. The van der Waals surface area contributed by atoms with E-state index in [2.05, 4.69) is 16.9 Å². The lowest BCUT2D eigenvalue weighted by atomic mass is 10.1. The molecule has 3 rings (SSSR count). The fourth-order valence-electron chi connectivity index (χ4n) is 2.52. The number of nitrogens with zero attached hydrogens (tertiary/aromatic N) is 1. The first-order valence-electron chi connectivity index (χ1n) is 8.71. The van der Waals surface area contributed by atoms with E-state index in [1.54, 1.807) is 0 Å². The molecular formula is C21H16F4N2O2S. The molecule has 0 spiro atoms. The van der Waals surface area contributed by atoms with Crippen molar-refractivity contribution in [3.63, 3.8) is 0 Å². The number of alkyl halides is 3. The third-order valence-corrected chi connectivity index (χ3v) is 4.85. The van der Waals surface area contributed by atoms with Gasteiger partial charge in [0.2, 0.25) is 0 Å². The van der Waals surface area contributed by atoms with E-state index in [-0.39, 0.29) is 36.1 Å². The molecule has 0 aliphatic rings. The Morgan fingerprint density at radius 3 is 2.73 bits per heavy atom. The highest BCUT2D eigenvalue weighted by Crippen LogP contribution is 2.31. The van der Waals surface area contributed by atoms with Crippen molar-refractivity contribution in [3.8, 4) is 16.3 Å². The Hall–Kier alpha value is -3.20. The summed E-state index contributed by atoms with van der Waals surface area (Å²) in [5, 5.41) is 4.42. The van der Waals surface area contributed by atoms with Crippen LogP contribution in [0.3, 0.4) is 0 Å². The van der Waals surface area contributed by atoms with Crippen LogP contribution in [-0.4, -0.2) is 17.4 Å². The van der Waals surface area contributed by atoms with Gasteiger partial charge < -0.3 is 10.1 Å². The van der Waals surface area contributed by atoms with Crippen LogP contribution in [0.1, 0.15) is 21.6 Å². The van der Waals surface area contributed by atoms with Gasteiger partial charge in [-0.15, -0.1) is 17.9 Å². The normalized spacial score (nSPS) is 11.2. The summed E-state index contributed by atoms with van der Waals surface area (Å²) >= 11 is 1.11. The van der Waals surface area contributed by atoms with E-state index in [4.69, 9.17) is 4.74 Å². The van der Waals surface area contributed by atoms with Crippen LogP contribution >= 0.6 is 11.3 Å². The Balaban J connectivity index is 1.70. The molecule has 0 fully saturated rings. The van der Waals surface area contributed by atoms with Crippen LogP contribution in [0.2, 0.25) is 0 Å². The van der Waals surface area contributed by atoms with Crippen molar-refractivity contribution >= 4 is 17.2 Å². The minimum absolute atomic E-state index is 0.145. The Morgan fingerprint density at radius 1 is 1.23 bits per heavy atom. The molecule has 0 atom stereocenters. The molecular weight excluding hydrogens is 420 g/mol. The molecule has 0 aliphatic carbocycles. The number of thiazole rings is 1. The van der Waals surface area contributed by atoms with E-state index < -0.39 is 17.6 Å². The van der Waals surface area contributed by atoms with Gasteiger partial charge in [0.25, 0.3) is 5.91 Å². The summed E-state index contributed by atoms with van der Waals surface area (Å²) in [6, 6.07) is 8.80. The molecule has 2 aromatic carbocycles. The molecule has 1 aromatic heterocycles. The van der Waals surface area contributed by atoms with Crippen LogP contribution < -0.4 is 10.1 Å². The van der Waals surface area contributed by atoms with Gasteiger partial charge in [0.15, 0.2) is 0 Å². The predicted molar refractivity (Wildman–Crippen MR) is 106 cm³/mol. The van der Waals surface area contributed by atoms with Crippen LogP contribution in [0.4, 0.5) is 17.6 Å². The SMILES string of the molecule is C=CCNC(=O)c1csc(-c2ccc(OCc3cccc(C(F)(F)F)c3)cc2F)n1. The van der Waals surface area contributed by atoms with Gasteiger partial charge in [0.1, 0.15) is 28.9 Å². The predicted octanol–water partition coefficient (Wildman–Crippen LogP) is 5.46. The first-order valence-corrected chi connectivity index (χ1v) is 9.59. The van der Waals surface area contributed by atoms with E-state index in [0.717, 1.165) is 29.5 Å². The van der Waals surface area contributed by atoms with Gasteiger partial charge in [-0.2, -0.15) is 13.2 Å². The lowest BCUT2D eigenvalue weighted by Crippen LogP contribution is -2.23. The number of benzene rings is 2. The number of ether oxygens (including phenoxy) is 1. The van der Waals surface area contributed by atoms with Crippen LogP contribution in [-0.2, 0) is 12.8 Å². The highest BCUT2D eigenvalue weighted by Gasteiger charge is 2.30. The zero-order valence-electron chi connectivity index (χ0n) is 15.5. The second kappa shape index (κ2) is 9.08. The largest absolute Gasteiger partial charge is 0.489 e. The van der Waals surface area contributed by atoms with Crippen LogP contribution in [0.5, 0.6) is 5.75 Å². The Kier molecular flexibility index (Phi) is 6.51. The van der Waals surface area contributed by atoms with E-state index in [1.807, 2.05) is 0 Å². The summed E-state index contributed by atoms with van der Waals surface area (Å²) < 4.78 is 58.3. The highest BCUT2D eigenvalue weighted by atomic mass is 32.1. The number of carbonyl (C=O) groups is 1. The maximum atomic E-state index is 14.5. The minimum Gasteiger partial charge on any atom is -0.489 e. The number of aromatic nitrogens is 1. The van der Waals surface area contributed by atoms with Crippen molar-refractivity contribution in [2.75, 3.05) is 6.54 Å². The van der Waals surface area contributed by atoms with Gasteiger partial charge in [0, 0.05) is 23.6 Å². The first kappa shape index (κ1) is 21.5. The van der Waals surface area contributed by atoms with Crippen molar-refractivity contribution in [1.29, 1.82) is 0 Å². The fourth-order valence-corrected chi connectivity index (χ4v) is 3.35. The molecule has 9 heteroatoms. The van der Waals surface area contributed by atoms with E-state index in [0.29, 0.717) is 10.6 Å². The molecule has 3 aromatic rings. The summed E-state index contributed by atoms with van der Waals surface area (Å²) in [5.41, 5.74) is -0.110. The van der Waals surface area contributed by atoms with Crippen molar-refractivity contribution < 1.29 is 27.1 Å². The smallest absolute Gasteiger partial charge is 0.416 e. The molecule has 156 valence electrons. The van der Waals surface area contributed by atoms with Crippen LogP contribution in [0, 0.1) is 5.82 Å². The van der Waals surface area contributed by atoms with Crippen molar-refractivity contribution in [3.05, 3.63) is 83.1 Å². The lowest BCUT2D eigenvalue weighted by Gasteiger charge is -2.10. The average Bonchev–Trinajstić information content (AvgIpc) is 3.20. The number of halogens is 4. The minimum atomic E-state index is -4.45. The van der Waals surface area contributed by atoms with Gasteiger partial charge >= 0.3 is 6.18 Å². The average molecular weight is 436 g/mol. The zero-order valence-corrected chi connectivity index (χ0v) is 16.3. The topological polar surface area (TPSA) is 51.2 Å². The number of amides is 1. The second-order valence-electron chi connectivity index (χ2n) is 6.17. The number of rotatable bonds is 7. The quantitative estimate of drug-likeness (QED) is 0.395. The number of nitrogens with one attached hydrogen (secondary N) is 1. The molecule has 4 nitrogen and oxygen atoms in total. The Bertz CT molecular complexity index is 1060. The van der Waals surface area contributed by atoms with Crippen molar-refractivity contribution in [2.45, 2.75) is 12.8 Å². The third-order valence-electron chi connectivity index (χ3n) is 3.97. The first-order chi connectivity index (χ1) is 14.3. The molecule has 1 N–H and O–H groups in total. The van der Waals surface area contributed by atoms with Crippen LogP contribution in [0.15, 0.2) is 60.5 Å². The maximum absolute atomic E-state index is 14.5. The monoisotopic (exact) mass is 436 g/mol. The highest BCUT2D eigenvalue weighted by molar-refractivity contribution is 7.13. The zero-order chi connectivity index (χ0) is 21.7. The van der Waals surface area contributed by atoms with Gasteiger partial charge in [-0.1, -0.05) is 18.2 Å². The van der Waals surface area contributed by atoms with Gasteiger partial charge in [-0.25, -0.2) is 9.37 Å².